The van der Waals surface area contributed by atoms with Gasteiger partial charge in [-0.05, 0) is 24.6 Å². The zero-order valence-corrected chi connectivity index (χ0v) is 10.1. The number of benzene rings is 1. The first kappa shape index (κ1) is 10.1. The van der Waals surface area contributed by atoms with E-state index in [-0.39, 0.29) is 0 Å². The quantitative estimate of drug-likeness (QED) is 0.657. The lowest BCUT2D eigenvalue weighted by atomic mass is 10.1. The van der Waals surface area contributed by atoms with Gasteiger partial charge in [0.15, 0.2) is 0 Å². The molecule has 0 atom stereocenters. The average Bonchev–Trinajstić information content (AvgIpc) is 2.89. The van der Waals surface area contributed by atoms with E-state index in [4.69, 9.17) is 0 Å². The van der Waals surface area contributed by atoms with E-state index in [9.17, 15) is 0 Å². The van der Waals surface area contributed by atoms with Crippen molar-refractivity contribution in [3.63, 3.8) is 0 Å². The van der Waals surface area contributed by atoms with Crippen LogP contribution in [0.5, 0.6) is 0 Å². The van der Waals surface area contributed by atoms with Crippen LogP contribution in [-0.4, -0.2) is 14.1 Å². The number of aryl methyl sites for hydroxylation is 2. The number of rotatable bonds is 2. The third-order valence-corrected chi connectivity index (χ3v) is 3.28. The highest BCUT2D eigenvalue weighted by Crippen LogP contribution is 2.20. The second kappa shape index (κ2) is 3.77. The molecule has 3 nitrogen and oxygen atoms in total. The lowest BCUT2D eigenvalue weighted by Crippen LogP contribution is -2.02. The van der Waals surface area contributed by atoms with E-state index in [0.717, 1.165) is 6.54 Å². The summed E-state index contributed by atoms with van der Waals surface area (Å²) >= 11 is 0. The van der Waals surface area contributed by atoms with Gasteiger partial charge in [-0.2, -0.15) is 0 Å². The van der Waals surface area contributed by atoms with Crippen molar-refractivity contribution in [1.82, 2.24) is 14.1 Å². The monoisotopic (exact) mass is 225 g/mol. The Morgan fingerprint density at radius 1 is 1.24 bits per heavy atom. The number of hydrogen-bond acceptors (Lipinski definition) is 1. The van der Waals surface area contributed by atoms with E-state index in [0.29, 0.717) is 0 Å². The average molecular weight is 225 g/mol. The molecule has 0 bridgehead atoms. The molecule has 3 rings (SSSR count). The van der Waals surface area contributed by atoms with Crippen LogP contribution in [0, 0.1) is 6.92 Å². The molecule has 0 fully saturated rings. The first-order valence-corrected chi connectivity index (χ1v) is 5.75. The molecule has 0 unspecified atom stereocenters. The zero-order valence-electron chi connectivity index (χ0n) is 10.1. The van der Waals surface area contributed by atoms with Gasteiger partial charge in [-0.1, -0.05) is 12.1 Å². The van der Waals surface area contributed by atoms with Gasteiger partial charge in [0, 0.05) is 30.3 Å². The Labute approximate surface area is 100 Å². The zero-order chi connectivity index (χ0) is 11.8. The molecular weight excluding hydrogens is 210 g/mol. The van der Waals surface area contributed by atoms with Crippen LogP contribution in [-0.2, 0) is 13.6 Å². The van der Waals surface area contributed by atoms with Gasteiger partial charge in [-0.15, -0.1) is 0 Å². The van der Waals surface area contributed by atoms with Crippen LogP contribution in [0.1, 0.15) is 11.3 Å². The molecule has 0 aliphatic heterocycles. The van der Waals surface area contributed by atoms with Crippen molar-refractivity contribution in [2.75, 3.05) is 0 Å². The van der Waals surface area contributed by atoms with Crippen molar-refractivity contribution in [3.8, 4) is 0 Å². The second-order valence-corrected chi connectivity index (χ2v) is 4.45. The van der Waals surface area contributed by atoms with Gasteiger partial charge in [0.1, 0.15) is 0 Å². The van der Waals surface area contributed by atoms with Crippen LogP contribution in [0.15, 0.2) is 43.0 Å². The molecule has 3 heteroatoms. The van der Waals surface area contributed by atoms with Crippen LogP contribution >= 0.6 is 0 Å². The molecule has 0 aliphatic rings. The Bertz CT molecular complexity index is 661. The third-order valence-electron chi connectivity index (χ3n) is 3.28. The summed E-state index contributed by atoms with van der Waals surface area (Å²) in [6, 6.07) is 8.61. The summed E-state index contributed by atoms with van der Waals surface area (Å²) in [4.78, 5) is 4.15. The van der Waals surface area contributed by atoms with Crippen molar-refractivity contribution < 1.29 is 0 Å². The summed E-state index contributed by atoms with van der Waals surface area (Å²) in [6.45, 7) is 3.01. The van der Waals surface area contributed by atoms with Crippen LogP contribution in [0.2, 0.25) is 0 Å². The first-order valence-electron chi connectivity index (χ1n) is 5.75. The minimum absolute atomic E-state index is 0.865. The molecule has 86 valence electrons. The van der Waals surface area contributed by atoms with Crippen molar-refractivity contribution >= 4 is 10.9 Å². The van der Waals surface area contributed by atoms with Gasteiger partial charge < -0.3 is 9.13 Å². The van der Waals surface area contributed by atoms with Crippen LogP contribution in [0.3, 0.4) is 0 Å². The van der Waals surface area contributed by atoms with Gasteiger partial charge in [-0.3, -0.25) is 0 Å². The van der Waals surface area contributed by atoms with E-state index in [1.54, 1.807) is 0 Å². The fraction of sp³-hybridized carbons (Fsp3) is 0.214. The summed E-state index contributed by atoms with van der Waals surface area (Å²) in [6.07, 6.45) is 5.90. The van der Waals surface area contributed by atoms with Gasteiger partial charge in [0.05, 0.1) is 18.6 Å². The molecule has 0 saturated heterocycles. The smallest absolute Gasteiger partial charge is 0.0946 e. The standard InChI is InChI=1S/C14H15N3/c1-11-4-3-5-14-13(11)6-7-17(14)9-12-8-15-10-16(12)2/h3-8,10H,9H2,1-2H3. The lowest BCUT2D eigenvalue weighted by Gasteiger charge is -2.06. The maximum atomic E-state index is 4.15. The molecule has 1 aromatic carbocycles. The third kappa shape index (κ3) is 1.64. The highest BCUT2D eigenvalue weighted by Gasteiger charge is 2.05. The molecule has 2 heterocycles. The fourth-order valence-electron chi connectivity index (χ4n) is 2.23. The van der Waals surface area contributed by atoms with Crippen LogP contribution < -0.4 is 0 Å². The summed E-state index contributed by atoms with van der Waals surface area (Å²) in [5.41, 5.74) is 3.82. The topological polar surface area (TPSA) is 22.8 Å². The van der Waals surface area contributed by atoms with E-state index >= 15 is 0 Å². The highest BCUT2D eigenvalue weighted by atomic mass is 15.1. The summed E-state index contributed by atoms with van der Waals surface area (Å²) in [5.74, 6) is 0. The Morgan fingerprint density at radius 2 is 2.12 bits per heavy atom. The largest absolute Gasteiger partial charge is 0.341 e. The number of hydrogen-bond donors (Lipinski definition) is 0. The highest BCUT2D eigenvalue weighted by molar-refractivity contribution is 5.83. The van der Waals surface area contributed by atoms with Gasteiger partial charge in [0.25, 0.3) is 0 Å². The second-order valence-electron chi connectivity index (χ2n) is 4.45. The van der Waals surface area contributed by atoms with Gasteiger partial charge in [-0.25, -0.2) is 4.98 Å². The maximum absolute atomic E-state index is 4.15. The van der Waals surface area contributed by atoms with Gasteiger partial charge >= 0.3 is 0 Å². The van der Waals surface area contributed by atoms with Crippen molar-refractivity contribution in [2.24, 2.45) is 7.05 Å². The molecule has 0 saturated carbocycles. The molecule has 0 radical (unpaired) electrons. The number of fused-ring (bicyclic) bond motifs is 1. The molecule has 0 spiro atoms. The fourth-order valence-corrected chi connectivity index (χ4v) is 2.23. The Hall–Kier alpha value is -2.03. The molecular formula is C14H15N3. The van der Waals surface area contributed by atoms with E-state index in [1.807, 2.05) is 19.6 Å². The molecule has 3 aromatic rings. The van der Waals surface area contributed by atoms with Crippen molar-refractivity contribution in [1.29, 1.82) is 0 Å². The minimum Gasteiger partial charge on any atom is -0.341 e. The lowest BCUT2D eigenvalue weighted by molar-refractivity contribution is 0.743. The molecule has 0 amide bonds. The summed E-state index contributed by atoms with van der Waals surface area (Å²) < 4.78 is 4.32. The van der Waals surface area contributed by atoms with Crippen molar-refractivity contribution in [2.45, 2.75) is 13.5 Å². The van der Waals surface area contributed by atoms with Gasteiger partial charge in [0.2, 0.25) is 0 Å². The molecule has 0 N–H and O–H groups in total. The summed E-state index contributed by atoms with van der Waals surface area (Å²) in [7, 11) is 2.03. The van der Waals surface area contributed by atoms with E-state index in [1.165, 1.54) is 22.2 Å². The SMILES string of the molecule is Cc1cccc2c1ccn2Cc1cncn1C. The normalized spacial score (nSPS) is 11.2. The number of imidazole rings is 1. The Morgan fingerprint density at radius 3 is 2.88 bits per heavy atom. The Balaban J connectivity index is 2.07. The Kier molecular flexibility index (Phi) is 2.25. The molecule has 0 aliphatic carbocycles. The predicted molar refractivity (Wildman–Crippen MR) is 69.0 cm³/mol. The number of aromatic nitrogens is 3. The minimum atomic E-state index is 0.865. The van der Waals surface area contributed by atoms with Crippen molar-refractivity contribution in [3.05, 3.63) is 54.2 Å². The predicted octanol–water partition coefficient (Wildman–Crippen LogP) is 2.73. The maximum Gasteiger partial charge on any atom is 0.0946 e. The molecule has 2 aromatic heterocycles. The first-order chi connectivity index (χ1) is 8.25. The number of nitrogens with zero attached hydrogens (tertiary/aromatic N) is 3. The molecule has 17 heavy (non-hydrogen) atoms. The van der Waals surface area contributed by atoms with E-state index < -0.39 is 0 Å². The van der Waals surface area contributed by atoms with Crippen LogP contribution in [0.4, 0.5) is 0 Å². The van der Waals surface area contributed by atoms with Crippen LogP contribution in [0.25, 0.3) is 10.9 Å². The van der Waals surface area contributed by atoms with E-state index in [2.05, 4.69) is 51.5 Å². The summed E-state index contributed by atoms with van der Waals surface area (Å²) in [5, 5.41) is 1.33.